The van der Waals surface area contributed by atoms with Gasteiger partial charge in [0.05, 0.1) is 22.7 Å². The summed E-state index contributed by atoms with van der Waals surface area (Å²) in [7, 11) is 0. The smallest absolute Gasteiger partial charge is 0.228 e. The van der Waals surface area contributed by atoms with Gasteiger partial charge in [-0.3, -0.25) is 9.48 Å². The molecule has 2 aromatic heterocycles. The van der Waals surface area contributed by atoms with Gasteiger partial charge in [0.15, 0.2) is 5.13 Å². The maximum Gasteiger partial charge on any atom is 0.228 e. The van der Waals surface area contributed by atoms with Crippen LogP contribution in [0.5, 0.6) is 0 Å². The molecule has 2 rings (SSSR count). The Balaban J connectivity index is 1.81. The second-order valence-corrected chi connectivity index (χ2v) is 5.34. The molecular weight excluding hydrogens is 294 g/mol. The number of rotatable bonds is 4. The molecule has 0 aliphatic carbocycles. The predicted molar refractivity (Wildman–Crippen MR) is 63.1 cm³/mol. The van der Waals surface area contributed by atoms with Crippen LogP contribution in [0.2, 0.25) is 0 Å². The lowest BCUT2D eigenvalue weighted by Gasteiger charge is -2.00. The third kappa shape index (κ3) is 3.11. The summed E-state index contributed by atoms with van der Waals surface area (Å²) < 4.78 is 2.50. The van der Waals surface area contributed by atoms with E-state index in [1.54, 1.807) is 23.3 Å². The quantitative estimate of drug-likeness (QED) is 0.929. The van der Waals surface area contributed by atoms with Crippen molar-refractivity contribution < 1.29 is 4.79 Å². The van der Waals surface area contributed by atoms with Crippen LogP contribution in [0.1, 0.15) is 6.42 Å². The summed E-state index contributed by atoms with van der Waals surface area (Å²) in [5, 5.41) is 10.7. The average Bonchev–Trinajstić information content (AvgIpc) is 2.87. The van der Waals surface area contributed by atoms with E-state index in [1.807, 2.05) is 0 Å². The predicted octanol–water partition coefficient (Wildman–Crippen LogP) is 1.53. The zero-order valence-electron chi connectivity index (χ0n) is 8.13. The summed E-state index contributed by atoms with van der Waals surface area (Å²) in [6.45, 7) is 0.512. The minimum Gasteiger partial charge on any atom is -0.302 e. The minimum absolute atomic E-state index is 0.0858. The maximum absolute atomic E-state index is 11.5. The molecule has 0 atom stereocenters. The number of amides is 1. The van der Waals surface area contributed by atoms with Gasteiger partial charge in [-0.15, -0.1) is 5.10 Å². The minimum atomic E-state index is -0.0858. The zero-order chi connectivity index (χ0) is 11.4. The summed E-state index contributed by atoms with van der Waals surface area (Å²) in [4.78, 5) is 15.5. The number of halogens is 1. The molecule has 0 aromatic carbocycles. The molecule has 2 aromatic rings. The number of hydrogen-bond acceptors (Lipinski definition) is 5. The fourth-order valence-electron chi connectivity index (χ4n) is 1.06. The molecule has 0 aliphatic heterocycles. The fraction of sp³-hybridized carbons (Fsp3) is 0.250. The number of aryl methyl sites for hydroxylation is 1. The zero-order valence-corrected chi connectivity index (χ0v) is 10.5. The first kappa shape index (κ1) is 11.2. The highest BCUT2D eigenvalue weighted by Crippen LogP contribution is 2.23. The van der Waals surface area contributed by atoms with Crippen molar-refractivity contribution in [3.8, 4) is 0 Å². The highest BCUT2D eigenvalue weighted by molar-refractivity contribution is 9.11. The van der Waals surface area contributed by atoms with Gasteiger partial charge in [-0.05, 0) is 15.9 Å². The second-order valence-electron chi connectivity index (χ2n) is 2.93. The van der Waals surface area contributed by atoms with Crippen molar-refractivity contribution in [1.29, 1.82) is 0 Å². The van der Waals surface area contributed by atoms with Gasteiger partial charge in [-0.25, -0.2) is 4.98 Å². The van der Waals surface area contributed by atoms with Gasteiger partial charge in [0, 0.05) is 12.6 Å². The highest BCUT2D eigenvalue weighted by Gasteiger charge is 2.05. The van der Waals surface area contributed by atoms with Crippen molar-refractivity contribution in [1.82, 2.24) is 20.0 Å². The number of carbonyl (C=O) groups excluding carboxylic acids is 1. The molecule has 0 saturated carbocycles. The molecular formula is C8H8BrN5OS. The van der Waals surface area contributed by atoms with E-state index in [0.717, 1.165) is 3.79 Å². The van der Waals surface area contributed by atoms with Gasteiger partial charge in [0.1, 0.15) is 0 Å². The van der Waals surface area contributed by atoms with Crippen molar-refractivity contribution >= 4 is 38.3 Å². The van der Waals surface area contributed by atoms with Crippen molar-refractivity contribution in [3.63, 3.8) is 0 Å². The summed E-state index contributed by atoms with van der Waals surface area (Å²) in [5.41, 5.74) is 0. The van der Waals surface area contributed by atoms with E-state index in [1.165, 1.54) is 11.3 Å². The average molecular weight is 302 g/mol. The van der Waals surface area contributed by atoms with Gasteiger partial charge in [0.2, 0.25) is 5.91 Å². The molecule has 0 bridgehead atoms. The molecule has 8 heteroatoms. The van der Waals surface area contributed by atoms with Gasteiger partial charge >= 0.3 is 0 Å². The van der Waals surface area contributed by atoms with E-state index in [0.29, 0.717) is 18.1 Å². The van der Waals surface area contributed by atoms with E-state index in [-0.39, 0.29) is 5.91 Å². The van der Waals surface area contributed by atoms with Crippen LogP contribution in [0.25, 0.3) is 0 Å². The highest BCUT2D eigenvalue weighted by atomic mass is 79.9. The van der Waals surface area contributed by atoms with Gasteiger partial charge < -0.3 is 5.32 Å². The Hall–Kier alpha value is -1.28. The van der Waals surface area contributed by atoms with Crippen LogP contribution in [0.15, 0.2) is 22.4 Å². The van der Waals surface area contributed by atoms with Crippen LogP contribution in [0, 0.1) is 0 Å². The Morgan fingerprint density at radius 2 is 2.50 bits per heavy atom. The first-order valence-electron chi connectivity index (χ1n) is 4.49. The Morgan fingerprint density at radius 3 is 3.12 bits per heavy atom. The summed E-state index contributed by atoms with van der Waals surface area (Å²) in [6.07, 6.45) is 5.29. The SMILES string of the molecule is O=C(CCn1ccnn1)Nc1ncc(Br)s1. The summed E-state index contributed by atoms with van der Waals surface area (Å²) in [6, 6.07) is 0. The molecule has 84 valence electrons. The maximum atomic E-state index is 11.5. The molecule has 0 radical (unpaired) electrons. The lowest BCUT2D eigenvalue weighted by Crippen LogP contribution is -2.14. The molecule has 0 unspecified atom stereocenters. The molecule has 16 heavy (non-hydrogen) atoms. The Labute approximate surface area is 104 Å². The standard InChI is InChI=1S/C8H8BrN5OS/c9-6-5-10-8(16-6)12-7(15)1-3-14-4-2-11-13-14/h2,4-5H,1,3H2,(H,10,12,15). The van der Waals surface area contributed by atoms with Crippen molar-refractivity contribution in [2.24, 2.45) is 0 Å². The van der Waals surface area contributed by atoms with Crippen LogP contribution in [-0.4, -0.2) is 25.9 Å². The molecule has 0 spiro atoms. The van der Waals surface area contributed by atoms with Crippen molar-refractivity contribution in [3.05, 3.63) is 22.4 Å². The topological polar surface area (TPSA) is 72.7 Å². The number of aromatic nitrogens is 4. The monoisotopic (exact) mass is 301 g/mol. The number of thiazole rings is 1. The lowest BCUT2D eigenvalue weighted by molar-refractivity contribution is -0.116. The van der Waals surface area contributed by atoms with E-state index in [9.17, 15) is 4.79 Å². The molecule has 0 saturated heterocycles. The Kier molecular flexibility index (Phi) is 3.62. The number of anilines is 1. The Bertz CT molecular complexity index is 468. The molecule has 0 fully saturated rings. The van der Waals surface area contributed by atoms with Crippen LogP contribution >= 0.6 is 27.3 Å². The van der Waals surface area contributed by atoms with E-state index >= 15 is 0 Å². The van der Waals surface area contributed by atoms with Crippen LogP contribution < -0.4 is 5.32 Å². The van der Waals surface area contributed by atoms with Crippen molar-refractivity contribution in [2.75, 3.05) is 5.32 Å². The lowest BCUT2D eigenvalue weighted by atomic mass is 10.4. The first-order valence-corrected chi connectivity index (χ1v) is 6.10. The molecule has 1 amide bonds. The van der Waals surface area contributed by atoms with Gasteiger partial charge in [0.25, 0.3) is 0 Å². The summed E-state index contributed by atoms with van der Waals surface area (Å²) >= 11 is 4.65. The van der Waals surface area contributed by atoms with Crippen LogP contribution in [0.4, 0.5) is 5.13 Å². The third-order valence-corrected chi connectivity index (χ3v) is 3.16. The first-order chi connectivity index (χ1) is 7.74. The van der Waals surface area contributed by atoms with Crippen molar-refractivity contribution in [2.45, 2.75) is 13.0 Å². The number of hydrogen-bond donors (Lipinski definition) is 1. The number of nitrogens with one attached hydrogen (secondary N) is 1. The summed E-state index contributed by atoms with van der Waals surface area (Å²) in [5.74, 6) is -0.0858. The largest absolute Gasteiger partial charge is 0.302 e. The van der Waals surface area contributed by atoms with E-state index < -0.39 is 0 Å². The van der Waals surface area contributed by atoms with E-state index in [2.05, 4.69) is 36.5 Å². The third-order valence-electron chi connectivity index (χ3n) is 1.76. The number of nitrogens with zero attached hydrogens (tertiary/aromatic N) is 4. The van der Waals surface area contributed by atoms with Gasteiger partial charge in [-0.1, -0.05) is 16.6 Å². The number of carbonyl (C=O) groups is 1. The molecule has 2 heterocycles. The van der Waals surface area contributed by atoms with E-state index in [4.69, 9.17) is 0 Å². The van der Waals surface area contributed by atoms with Gasteiger partial charge in [-0.2, -0.15) is 0 Å². The normalized spacial score (nSPS) is 10.3. The fourth-order valence-corrected chi connectivity index (χ4v) is 2.18. The second kappa shape index (κ2) is 5.17. The molecule has 1 N–H and O–H groups in total. The Morgan fingerprint density at radius 1 is 1.62 bits per heavy atom. The van der Waals surface area contributed by atoms with Crippen LogP contribution in [-0.2, 0) is 11.3 Å². The van der Waals surface area contributed by atoms with Crippen LogP contribution in [0.3, 0.4) is 0 Å². The molecule has 0 aliphatic rings. The molecule has 6 nitrogen and oxygen atoms in total.